The van der Waals surface area contributed by atoms with E-state index in [4.69, 9.17) is 4.42 Å². The summed E-state index contributed by atoms with van der Waals surface area (Å²) in [4.78, 5) is 30.1. The zero-order chi connectivity index (χ0) is 17.3. The van der Waals surface area contributed by atoms with E-state index in [0.717, 1.165) is 5.56 Å². The number of carbonyl (C=O) groups excluding carboxylic acids is 1. The second-order valence-electron chi connectivity index (χ2n) is 6.50. The van der Waals surface area contributed by atoms with E-state index in [-0.39, 0.29) is 24.1 Å². The molecule has 3 rings (SSSR count). The molecule has 0 saturated carbocycles. The Balaban J connectivity index is 1.79. The van der Waals surface area contributed by atoms with Crippen molar-refractivity contribution in [2.75, 3.05) is 13.1 Å². The lowest BCUT2D eigenvalue weighted by Crippen LogP contribution is -2.40. The van der Waals surface area contributed by atoms with Crippen molar-refractivity contribution in [1.29, 1.82) is 0 Å². The first-order valence-corrected chi connectivity index (χ1v) is 7.97. The van der Waals surface area contributed by atoms with Crippen LogP contribution in [-0.4, -0.2) is 40.0 Å². The highest BCUT2D eigenvalue weighted by atomic mass is 16.4. The van der Waals surface area contributed by atoms with Crippen LogP contribution in [0.3, 0.4) is 0 Å². The number of rotatable bonds is 4. The smallest absolute Gasteiger partial charge is 0.311 e. The Labute approximate surface area is 140 Å². The van der Waals surface area contributed by atoms with E-state index in [0.29, 0.717) is 18.9 Å². The molecule has 24 heavy (non-hydrogen) atoms. The van der Waals surface area contributed by atoms with Crippen molar-refractivity contribution in [3.63, 3.8) is 0 Å². The lowest BCUT2D eigenvalue weighted by atomic mass is 9.76. The molecule has 0 radical (unpaired) electrons. The highest BCUT2D eigenvalue weighted by molar-refractivity contribution is 5.93. The molecule has 126 valence electrons. The van der Waals surface area contributed by atoms with Crippen LogP contribution in [0.5, 0.6) is 0 Å². The molecule has 6 nitrogen and oxygen atoms in total. The van der Waals surface area contributed by atoms with E-state index >= 15 is 0 Å². The van der Waals surface area contributed by atoms with Gasteiger partial charge in [-0.2, -0.15) is 0 Å². The first kappa shape index (κ1) is 16.2. The summed E-state index contributed by atoms with van der Waals surface area (Å²) in [6.45, 7) is 4.38. The van der Waals surface area contributed by atoms with Gasteiger partial charge in [0.25, 0.3) is 5.91 Å². The maximum atomic E-state index is 12.6. The Morgan fingerprint density at radius 1 is 1.29 bits per heavy atom. The molecule has 1 aliphatic rings. The van der Waals surface area contributed by atoms with Crippen molar-refractivity contribution in [3.8, 4) is 11.5 Å². The molecule has 1 atom stereocenters. The van der Waals surface area contributed by atoms with Crippen LogP contribution >= 0.6 is 0 Å². The molecule has 2 aromatic rings. The van der Waals surface area contributed by atoms with Crippen molar-refractivity contribution < 1.29 is 19.1 Å². The molecule has 1 fully saturated rings. The van der Waals surface area contributed by atoms with Gasteiger partial charge < -0.3 is 14.4 Å². The molecule has 1 aliphatic heterocycles. The Kier molecular flexibility index (Phi) is 4.13. The van der Waals surface area contributed by atoms with Gasteiger partial charge >= 0.3 is 5.97 Å². The average molecular weight is 328 g/mol. The van der Waals surface area contributed by atoms with Gasteiger partial charge in [-0.05, 0) is 24.5 Å². The summed E-state index contributed by atoms with van der Waals surface area (Å²) in [6, 6.07) is 9.32. The molecule has 1 aromatic carbocycles. The van der Waals surface area contributed by atoms with Crippen LogP contribution in [-0.2, 0) is 4.79 Å². The average Bonchev–Trinajstić information content (AvgIpc) is 3.23. The van der Waals surface area contributed by atoms with Crippen molar-refractivity contribution in [1.82, 2.24) is 9.88 Å². The fourth-order valence-corrected chi connectivity index (χ4v) is 3.15. The second-order valence-corrected chi connectivity index (χ2v) is 6.50. The largest absolute Gasteiger partial charge is 0.481 e. The maximum Gasteiger partial charge on any atom is 0.311 e. The molecule has 1 amide bonds. The van der Waals surface area contributed by atoms with E-state index in [1.807, 2.05) is 44.2 Å². The summed E-state index contributed by atoms with van der Waals surface area (Å²) in [5.41, 5.74) is 0.112. The first-order valence-electron chi connectivity index (χ1n) is 7.97. The molecular weight excluding hydrogens is 308 g/mol. The van der Waals surface area contributed by atoms with Gasteiger partial charge in [0, 0.05) is 18.7 Å². The van der Waals surface area contributed by atoms with Crippen molar-refractivity contribution in [3.05, 3.63) is 42.3 Å². The Morgan fingerprint density at radius 2 is 2.00 bits per heavy atom. The Morgan fingerprint density at radius 3 is 2.58 bits per heavy atom. The molecular formula is C18H20N2O4. The zero-order valence-electron chi connectivity index (χ0n) is 13.7. The highest BCUT2D eigenvalue weighted by Crippen LogP contribution is 2.38. The van der Waals surface area contributed by atoms with Crippen LogP contribution in [0.2, 0.25) is 0 Å². The molecule has 1 aromatic heterocycles. The van der Waals surface area contributed by atoms with Crippen LogP contribution < -0.4 is 0 Å². The summed E-state index contributed by atoms with van der Waals surface area (Å²) in [7, 11) is 0. The zero-order valence-corrected chi connectivity index (χ0v) is 13.7. The fourth-order valence-electron chi connectivity index (χ4n) is 3.15. The normalized spacial score (nSPS) is 20.5. The lowest BCUT2D eigenvalue weighted by molar-refractivity contribution is -0.150. The minimum absolute atomic E-state index is 0.0509. The van der Waals surface area contributed by atoms with Gasteiger partial charge in [0.05, 0.1) is 5.41 Å². The third kappa shape index (κ3) is 2.68. The van der Waals surface area contributed by atoms with Crippen LogP contribution in [0, 0.1) is 11.3 Å². The summed E-state index contributed by atoms with van der Waals surface area (Å²) in [6.07, 6.45) is 1.79. The van der Waals surface area contributed by atoms with Crippen molar-refractivity contribution in [2.45, 2.75) is 20.3 Å². The van der Waals surface area contributed by atoms with Crippen molar-refractivity contribution >= 4 is 11.9 Å². The number of aliphatic carboxylic acids is 1. The minimum atomic E-state index is -0.887. The molecule has 6 heteroatoms. The number of hydrogen-bond acceptors (Lipinski definition) is 4. The van der Waals surface area contributed by atoms with E-state index < -0.39 is 11.4 Å². The van der Waals surface area contributed by atoms with E-state index in [1.54, 1.807) is 4.90 Å². The molecule has 1 unspecified atom stereocenters. The van der Waals surface area contributed by atoms with Crippen LogP contribution in [0.1, 0.15) is 30.8 Å². The summed E-state index contributed by atoms with van der Waals surface area (Å²) in [5, 5.41) is 9.58. The maximum absolute atomic E-state index is 12.6. The minimum Gasteiger partial charge on any atom is -0.481 e. The van der Waals surface area contributed by atoms with Gasteiger partial charge in [0.1, 0.15) is 6.26 Å². The Hall–Kier alpha value is -2.63. The molecule has 0 aliphatic carbocycles. The number of carboxylic acid groups (broad SMARTS) is 1. The number of benzene rings is 1. The number of amides is 1. The van der Waals surface area contributed by atoms with E-state index in [2.05, 4.69) is 4.98 Å². The SMILES string of the molecule is CC(C)C1(C(=O)O)CCN(C(=O)c2coc(-c3ccccc3)n2)C1. The van der Waals surface area contributed by atoms with Crippen LogP contribution in [0.4, 0.5) is 0 Å². The first-order chi connectivity index (χ1) is 11.4. The van der Waals surface area contributed by atoms with Crippen molar-refractivity contribution in [2.24, 2.45) is 11.3 Å². The highest BCUT2D eigenvalue weighted by Gasteiger charge is 2.48. The molecule has 2 heterocycles. The third-order valence-electron chi connectivity index (χ3n) is 4.86. The van der Waals surface area contributed by atoms with Gasteiger partial charge in [-0.3, -0.25) is 9.59 Å². The van der Waals surface area contributed by atoms with E-state index in [1.165, 1.54) is 6.26 Å². The van der Waals surface area contributed by atoms with Gasteiger partial charge in [0.2, 0.25) is 5.89 Å². The number of carbonyl (C=O) groups is 2. The quantitative estimate of drug-likeness (QED) is 0.933. The molecule has 0 spiro atoms. The lowest BCUT2D eigenvalue weighted by Gasteiger charge is -2.28. The van der Waals surface area contributed by atoms with Gasteiger partial charge in [0.15, 0.2) is 5.69 Å². The predicted octanol–water partition coefficient (Wildman–Crippen LogP) is 2.91. The monoisotopic (exact) mass is 328 g/mol. The summed E-state index contributed by atoms with van der Waals surface area (Å²) in [5.74, 6) is -0.806. The van der Waals surface area contributed by atoms with E-state index in [9.17, 15) is 14.7 Å². The number of nitrogens with zero attached hydrogens (tertiary/aromatic N) is 2. The Bertz CT molecular complexity index is 753. The number of hydrogen-bond donors (Lipinski definition) is 1. The molecule has 1 N–H and O–H groups in total. The second kappa shape index (κ2) is 6.11. The summed E-state index contributed by atoms with van der Waals surface area (Å²) < 4.78 is 5.40. The topological polar surface area (TPSA) is 83.6 Å². The van der Waals surface area contributed by atoms with Crippen LogP contribution in [0.15, 0.2) is 41.0 Å². The fraction of sp³-hybridized carbons (Fsp3) is 0.389. The number of oxazole rings is 1. The van der Waals surface area contributed by atoms with Gasteiger partial charge in [-0.25, -0.2) is 4.98 Å². The molecule has 0 bridgehead atoms. The van der Waals surface area contributed by atoms with Gasteiger partial charge in [-0.1, -0.05) is 32.0 Å². The number of carboxylic acids is 1. The molecule has 1 saturated heterocycles. The van der Waals surface area contributed by atoms with Gasteiger partial charge in [-0.15, -0.1) is 0 Å². The third-order valence-corrected chi connectivity index (χ3v) is 4.86. The number of aromatic nitrogens is 1. The predicted molar refractivity (Wildman–Crippen MR) is 87.4 cm³/mol. The van der Waals surface area contributed by atoms with Crippen LogP contribution in [0.25, 0.3) is 11.5 Å². The number of likely N-dealkylation sites (tertiary alicyclic amines) is 1. The standard InChI is InChI=1S/C18H20N2O4/c1-12(2)18(17(22)23)8-9-20(11-18)16(21)14-10-24-15(19-14)13-6-4-3-5-7-13/h3-7,10,12H,8-9,11H2,1-2H3,(H,22,23). The summed E-state index contributed by atoms with van der Waals surface area (Å²) >= 11 is 0.